The lowest BCUT2D eigenvalue weighted by Crippen LogP contribution is -1.68. The van der Waals surface area contributed by atoms with Gasteiger partial charge < -0.3 is 4.80 Å². The van der Waals surface area contributed by atoms with Gasteiger partial charge in [0.25, 0.3) is 9.38 Å². The molecule has 0 aliphatic heterocycles. The van der Waals surface area contributed by atoms with E-state index >= 15 is 0 Å². The first kappa shape index (κ1) is 3.89. The third-order valence-electron chi connectivity index (χ3n) is 0.129. The molecule has 0 bridgehead atoms. The molecule has 1 nitrogen and oxygen atoms in total. The fourth-order valence-electron chi connectivity index (χ4n) is 0. The Bertz CT molecular complexity index is 21.2. The van der Waals surface area contributed by atoms with Gasteiger partial charge in [-0.2, -0.15) is 0 Å². The molecule has 0 heterocycles. The zero-order chi connectivity index (χ0) is 3.41. The van der Waals surface area contributed by atoms with Gasteiger partial charge in [0, 0.05) is 0 Å². The Balaban J connectivity index is 2.55. The van der Waals surface area contributed by atoms with Crippen LogP contribution in [0.5, 0.6) is 0 Å². The Kier molecular flexibility index (Phi) is 2.81. The Hall–Kier alpha value is -0.113. The average Bonchev–Trinajstić information content (AvgIpc) is 1.37. The molecule has 0 amide bonds. The maximum atomic E-state index is 7.85. The smallest absolute Gasteiger partial charge is 0.274 e. The number of hydrogen-bond donors (Lipinski definition) is 1. The summed E-state index contributed by atoms with van der Waals surface area (Å²) in [6.07, 6.45) is 0. The van der Waals surface area contributed by atoms with Crippen molar-refractivity contribution in [2.75, 3.05) is 0 Å². The molecule has 0 aliphatic rings. The molecule has 4 heavy (non-hydrogen) atoms. The van der Waals surface area contributed by atoms with Crippen LogP contribution in [0.2, 0.25) is 0 Å². The van der Waals surface area contributed by atoms with Gasteiger partial charge in [-0.05, 0) is 6.92 Å². The predicted octanol–water partition coefficient (Wildman–Crippen LogP) is -0.580. The molecular weight excluding hydrogens is 68.1 g/mol. The first-order valence-corrected chi connectivity index (χ1v) is 2.11. The molecule has 0 aromatic carbocycles. The second-order valence-electron chi connectivity index (χ2n) is 0.418. The van der Waals surface area contributed by atoms with Crippen molar-refractivity contribution in [2.24, 2.45) is 0 Å². The highest BCUT2D eigenvalue weighted by molar-refractivity contribution is 6.38. The van der Waals surface area contributed by atoms with E-state index in [0.29, 0.717) is 0 Å². The van der Waals surface area contributed by atoms with E-state index in [0.717, 1.165) is 0 Å². The van der Waals surface area contributed by atoms with E-state index in [-0.39, 0.29) is 9.38 Å². The summed E-state index contributed by atoms with van der Waals surface area (Å²) in [7, 11) is 0.0154. The second kappa shape index (κ2) is 2.89. The summed E-state index contributed by atoms with van der Waals surface area (Å²) in [6.45, 7) is 1.82. The third-order valence-corrected chi connectivity index (χ3v) is 0.387. The highest BCUT2D eigenvalue weighted by Crippen LogP contribution is 1.21. The fourth-order valence-corrected chi connectivity index (χ4v) is 0. The Morgan fingerprint density at radius 3 is 2.25 bits per heavy atom. The summed E-state index contributed by atoms with van der Waals surface area (Å²) in [5.41, 5.74) is 1.71. The van der Waals surface area contributed by atoms with Gasteiger partial charge in [0.05, 0.1) is 0 Å². The minimum Gasteiger partial charge on any atom is -0.564 e. The molecular formula is C2H5OSi. The van der Waals surface area contributed by atoms with Crippen LogP contribution in [0, 0.1) is 0 Å². The van der Waals surface area contributed by atoms with Gasteiger partial charge in [0.1, 0.15) is 0 Å². The summed E-state index contributed by atoms with van der Waals surface area (Å²) >= 11 is 0. The van der Waals surface area contributed by atoms with Crippen LogP contribution in [0.25, 0.3) is 0 Å². The lowest BCUT2D eigenvalue weighted by atomic mass is 11.0. The minimum atomic E-state index is 0.0154. The van der Waals surface area contributed by atoms with Crippen LogP contribution < -0.4 is 0 Å². The molecule has 23 valence electrons. The molecule has 0 aliphatic carbocycles. The molecule has 1 radical (unpaired) electrons. The van der Waals surface area contributed by atoms with E-state index in [9.17, 15) is 0 Å². The van der Waals surface area contributed by atoms with E-state index in [1.165, 1.54) is 0 Å². The van der Waals surface area contributed by atoms with E-state index in [2.05, 4.69) is 0 Å². The van der Waals surface area contributed by atoms with Crippen molar-refractivity contribution < 1.29 is 4.80 Å². The van der Waals surface area contributed by atoms with Gasteiger partial charge in [-0.25, -0.2) is 0 Å². The summed E-state index contributed by atoms with van der Waals surface area (Å²) in [4.78, 5) is 7.85. The van der Waals surface area contributed by atoms with E-state index in [1.807, 2.05) is 6.92 Å². The normalized spacial score (nSPS) is 9.25. The molecule has 0 aromatic heterocycles. The van der Waals surface area contributed by atoms with E-state index in [1.54, 1.807) is 5.67 Å². The molecule has 0 atom stereocenters. The standard InChI is InChI=1S/C2H5OSi/c1-2-4-3/h2-3H,1H3. The van der Waals surface area contributed by atoms with Crippen molar-refractivity contribution in [3.05, 3.63) is 0 Å². The van der Waals surface area contributed by atoms with Gasteiger partial charge in [0.15, 0.2) is 0 Å². The van der Waals surface area contributed by atoms with Crippen LogP contribution in [0.4, 0.5) is 0 Å². The fraction of sp³-hybridized carbons (Fsp3) is 0.500. The molecule has 0 aromatic rings. The van der Waals surface area contributed by atoms with Crippen LogP contribution in [0.3, 0.4) is 0 Å². The molecule has 0 unspecified atom stereocenters. The highest BCUT2D eigenvalue weighted by atomic mass is 28.2. The van der Waals surface area contributed by atoms with Crippen molar-refractivity contribution >= 4 is 15.0 Å². The second-order valence-corrected chi connectivity index (χ2v) is 1.25. The lowest BCUT2D eigenvalue weighted by Gasteiger charge is -1.49. The van der Waals surface area contributed by atoms with E-state index < -0.39 is 0 Å². The predicted molar refractivity (Wildman–Crippen MR) is 19.7 cm³/mol. The largest absolute Gasteiger partial charge is 0.564 e. The molecule has 0 saturated heterocycles. The molecule has 1 N–H and O–H groups in total. The maximum absolute atomic E-state index is 7.85. The third kappa shape index (κ3) is 1.89. The number of hydrogen-bond acceptors (Lipinski definition) is 1. The van der Waals surface area contributed by atoms with Crippen molar-refractivity contribution in [2.45, 2.75) is 6.92 Å². The van der Waals surface area contributed by atoms with Gasteiger partial charge in [0.2, 0.25) is 0 Å². The topological polar surface area (TPSA) is 20.2 Å². The van der Waals surface area contributed by atoms with Crippen LogP contribution in [0.1, 0.15) is 6.92 Å². The summed E-state index contributed by atoms with van der Waals surface area (Å²) in [6, 6.07) is 0. The SMILES string of the molecule is CC=[Si]O. The van der Waals surface area contributed by atoms with Crippen molar-refractivity contribution in [3.63, 3.8) is 0 Å². The summed E-state index contributed by atoms with van der Waals surface area (Å²) in [5, 5.41) is 0. The quantitative estimate of drug-likeness (QED) is 0.380. The zero-order valence-electron chi connectivity index (χ0n) is 2.52. The monoisotopic (exact) mass is 73.0 g/mol. The Morgan fingerprint density at radius 1 is 2.00 bits per heavy atom. The lowest BCUT2D eigenvalue weighted by molar-refractivity contribution is 0.624. The summed E-state index contributed by atoms with van der Waals surface area (Å²) in [5.74, 6) is 0. The van der Waals surface area contributed by atoms with Gasteiger partial charge in [-0.15, -0.1) is 0 Å². The van der Waals surface area contributed by atoms with E-state index in [4.69, 9.17) is 4.80 Å². The first-order valence-electron chi connectivity index (χ1n) is 1.09. The zero-order valence-corrected chi connectivity index (χ0v) is 3.52. The molecule has 0 fully saturated rings. The van der Waals surface area contributed by atoms with Gasteiger partial charge >= 0.3 is 0 Å². The first-order chi connectivity index (χ1) is 1.91. The van der Waals surface area contributed by atoms with Crippen molar-refractivity contribution in [3.8, 4) is 0 Å². The van der Waals surface area contributed by atoms with Crippen LogP contribution in [0.15, 0.2) is 0 Å². The Labute approximate surface area is 27.8 Å². The Morgan fingerprint density at radius 2 is 2.25 bits per heavy atom. The summed E-state index contributed by atoms with van der Waals surface area (Å²) < 4.78 is 0. The van der Waals surface area contributed by atoms with Crippen LogP contribution >= 0.6 is 0 Å². The molecule has 0 rings (SSSR count). The molecule has 2 heteroatoms. The van der Waals surface area contributed by atoms with Crippen LogP contribution in [-0.2, 0) is 0 Å². The van der Waals surface area contributed by atoms with Gasteiger partial charge in [-0.1, -0.05) is 5.67 Å². The number of rotatable bonds is 0. The van der Waals surface area contributed by atoms with Gasteiger partial charge in [-0.3, -0.25) is 0 Å². The molecule has 0 saturated carbocycles. The maximum Gasteiger partial charge on any atom is 0.274 e. The molecule has 0 spiro atoms. The average molecular weight is 73.1 g/mol. The van der Waals surface area contributed by atoms with Crippen LogP contribution in [-0.4, -0.2) is 19.8 Å². The van der Waals surface area contributed by atoms with Crippen molar-refractivity contribution in [1.29, 1.82) is 0 Å². The highest BCUT2D eigenvalue weighted by Gasteiger charge is 1.41. The van der Waals surface area contributed by atoms with Crippen molar-refractivity contribution in [1.82, 2.24) is 0 Å². The minimum absolute atomic E-state index is 0.0154.